The van der Waals surface area contributed by atoms with Crippen molar-refractivity contribution in [1.82, 2.24) is 15.3 Å². The van der Waals surface area contributed by atoms with E-state index in [1.807, 2.05) is 13.0 Å². The van der Waals surface area contributed by atoms with Crippen LogP contribution in [0.15, 0.2) is 32.8 Å². The van der Waals surface area contributed by atoms with E-state index in [9.17, 15) is 9.59 Å². The molecular formula is C19H21N3O3S2. The highest BCUT2D eigenvalue weighted by Gasteiger charge is 2.23. The highest BCUT2D eigenvalue weighted by Crippen LogP contribution is 2.36. The molecule has 0 spiro atoms. The maximum Gasteiger partial charge on any atom is 0.260 e. The number of furan rings is 1. The number of aromatic amines is 1. The molecule has 142 valence electrons. The van der Waals surface area contributed by atoms with E-state index in [0.29, 0.717) is 16.8 Å². The molecule has 0 radical (unpaired) electrons. The molecule has 27 heavy (non-hydrogen) atoms. The Balaban J connectivity index is 1.46. The van der Waals surface area contributed by atoms with Crippen LogP contribution in [0.3, 0.4) is 0 Å². The molecule has 0 saturated carbocycles. The van der Waals surface area contributed by atoms with Crippen molar-refractivity contribution in [3.05, 3.63) is 45.0 Å². The summed E-state index contributed by atoms with van der Waals surface area (Å²) in [6, 6.07) is 3.41. The zero-order valence-electron chi connectivity index (χ0n) is 15.2. The van der Waals surface area contributed by atoms with Crippen molar-refractivity contribution in [2.45, 2.75) is 44.3 Å². The predicted molar refractivity (Wildman–Crippen MR) is 107 cm³/mol. The third-order valence-corrected chi connectivity index (χ3v) is 6.85. The molecule has 1 amide bonds. The number of thioether (sulfide) groups is 1. The second-order valence-electron chi connectivity index (χ2n) is 7.00. The number of fused-ring (bicyclic) bond motifs is 3. The van der Waals surface area contributed by atoms with Crippen LogP contribution in [0.1, 0.15) is 42.5 Å². The second-order valence-corrected chi connectivity index (χ2v) is 9.04. The Bertz CT molecular complexity index is 1020. The van der Waals surface area contributed by atoms with Gasteiger partial charge in [0.2, 0.25) is 5.91 Å². The van der Waals surface area contributed by atoms with Gasteiger partial charge in [0.25, 0.3) is 5.56 Å². The van der Waals surface area contributed by atoms with Gasteiger partial charge in [-0.1, -0.05) is 18.7 Å². The molecule has 1 aliphatic carbocycles. The van der Waals surface area contributed by atoms with E-state index in [1.54, 1.807) is 23.7 Å². The summed E-state index contributed by atoms with van der Waals surface area (Å²) in [5.41, 5.74) is 1.07. The molecule has 3 aromatic rings. The van der Waals surface area contributed by atoms with E-state index in [2.05, 4.69) is 22.2 Å². The first-order valence-corrected chi connectivity index (χ1v) is 10.8. The van der Waals surface area contributed by atoms with Gasteiger partial charge in [0, 0.05) is 4.88 Å². The first-order valence-electron chi connectivity index (χ1n) is 9.01. The molecule has 0 bridgehead atoms. The van der Waals surface area contributed by atoms with Crippen LogP contribution in [0.5, 0.6) is 0 Å². The molecule has 0 fully saturated rings. The summed E-state index contributed by atoms with van der Waals surface area (Å²) in [6.45, 7) is 4.11. The Morgan fingerprint density at radius 1 is 1.56 bits per heavy atom. The number of nitrogens with one attached hydrogen (secondary N) is 2. The van der Waals surface area contributed by atoms with Crippen LogP contribution in [0.4, 0.5) is 0 Å². The van der Waals surface area contributed by atoms with Gasteiger partial charge < -0.3 is 14.7 Å². The summed E-state index contributed by atoms with van der Waals surface area (Å²) in [7, 11) is 0. The van der Waals surface area contributed by atoms with E-state index in [0.717, 1.165) is 29.5 Å². The monoisotopic (exact) mass is 403 g/mol. The Kier molecular flexibility index (Phi) is 5.10. The van der Waals surface area contributed by atoms with Crippen LogP contribution in [0, 0.1) is 5.92 Å². The Morgan fingerprint density at radius 2 is 2.41 bits per heavy atom. The van der Waals surface area contributed by atoms with Crippen LogP contribution in [-0.2, 0) is 17.6 Å². The number of aromatic nitrogens is 2. The largest absolute Gasteiger partial charge is 0.467 e. The molecular weight excluding hydrogens is 382 g/mol. The molecule has 2 atom stereocenters. The zero-order valence-corrected chi connectivity index (χ0v) is 16.8. The molecule has 3 aromatic heterocycles. The lowest BCUT2D eigenvalue weighted by Gasteiger charge is -2.17. The maximum absolute atomic E-state index is 12.6. The van der Waals surface area contributed by atoms with E-state index in [4.69, 9.17) is 4.42 Å². The number of hydrogen-bond donors (Lipinski definition) is 2. The predicted octanol–water partition coefficient (Wildman–Crippen LogP) is 3.67. The number of hydrogen-bond acceptors (Lipinski definition) is 6. The number of carbonyl (C=O) groups is 1. The van der Waals surface area contributed by atoms with Crippen LogP contribution in [0.2, 0.25) is 0 Å². The van der Waals surface area contributed by atoms with Gasteiger partial charge in [0.05, 0.1) is 23.4 Å². The summed E-state index contributed by atoms with van der Waals surface area (Å²) in [5.74, 6) is 1.41. The summed E-state index contributed by atoms with van der Waals surface area (Å²) in [6.07, 6.45) is 4.66. The minimum atomic E-state index is -0.200. The molecule has 4 rings (SSSR count). The Morgan fingerprint density at radius 3 is 3.19 bits per heavy atom. The third kappa shape index (κ3) is 3.82. The van der Waals surface area contributed by atoms with Gasteiger partial charge in [0.1, 0.15) is 10.6 Å². The highest BCUT2D eigenvalue weighted by atomic mass is 32.2. The smallest absolute Gasteiger partial charge is 0.260 e. The van der Waals surface area contributed by atoms with Gasteiger partial charge in [-0.3, -0.25) is 9.59 Å². The summed E-state index contributed by atoms with van der Waals surface area (Å²) >= 11 is 2.86. The number of aryl methyl sites for hydroxylation is 1. The highest BCUT2D eigenvalue weighted by molar-refractivity contribution is 7.99. The number of carbonyl (C=O) groups excluding carboxylic acids is 1. The van der Waals surface area contributed by atoms with Crippen LogP contribution in [-0.4, -0.2) is 21.6 Å². The van der Waals surface area contributed by atoms with Gasteiger partial charge >= 0.3 is 0 Å². The van der Waals surface area contributed by atoms with Gasteiger partial charge in [0.15, 0.2) is 5.16 Å². The van der Waals surface area contributed by atoms with Gasteiger partial charge in [-0.25, -0.2) is 4.98 Å². The maximum atomic E-state index is 12.6. The van der Waals surface area contributed by atoms with Crippen molar-refractivity contribution in [2.24, 2.45) is 5.92 Å². The van der Waals surface area contributed by atoms with E-state index in [-0.39, 0.29) is 23.3 Å². The number of thiophene rings is 1. The van der Waals surface area contributed by atoms with Crippen LogP contribution in [0.25, 0.3) is 10.2 Å². The van der Waals surface area contributed by atoms with E-state index in [1.165, 1.54) is 22.2 Å². The van der Waals surface area contributed by atoms with E-state index < -0.39 is 0 Å². The van der Waals surface area contributed by atoms with Gasteiger partial charge in [-0.05, 0) is 49.8 Å². The van der Waals surface area contributed by atoms with Crippen molar-refractivity contribution >= 4 is 39.2 Å². The van der Waals surface area contributed by atoms with Gasteiger partial charge in [-0.2, -0.15) is 0 Å². The standard InChI is InChI=1S/C19H21N3O3S2/c1-10-5-6-12-14(8-10)27-18-16(12)17(24)21-19(22-18)26-9-15(23)20-11(2)13-4-3-7-25-13/h3-4,7,10-11H,5-6,8-9H2,1-2H3,(H,20,23)(H,21,22,24)/t10-,11+/m1/s1. The fourth-order valence-corrected chi connectivity index (χ4v) is 5.54. The quantitative estimate of drug-likeness (QED) is 0.501. The van der Waals surface area contributed by atoms with Crippen LogP contribution < -0.4 is 10.9 Å². The average molecular weight is 404 g/mol. The lowest BCUT2D eigenvalue weighted by molar-refractivity contribution is -0.119. The topological polar surface area (TPSA) is 88.0 Å². The molecule has 0 saturated heterocycles. The molecule has 8 heteroatoms. The second kappa shape index (κ2) is 7.52. The fourth-order valence-electron chi connectivity index (χ4n) is 3.42. The fraction of sp³-hybridized carbons (Fsp3) is 0.421. The van der Waals surface area contributed by atoms with Crippen molar-refractivity contribution in [1.29, 1.82) is 0 Å². The molecule has 3 heterocycles. The first kappa shape index (κ1) is 18.3. The van der Waals surface area contributed by atoms with Crippen molar-refractivity contribution < 1.29 is 9.21 Å². The zero-order chi connectivity index (χ0) is 19.0. The lowest BCUT2D eigenvalue weighted by Crippen LogP contribution is -2.28. The van der Waals surface area contributed by atoms with Crippen molar-refractivity contribution in [3.63, 3.8) is 0 Å². The number of amides is 1. The SMILES string of the molecule is C[C@@H]1CCc2c(sc3nc(SCC(=O)N[C@@H](C)c4ccco4)[nH]c(=O)c23)C1. The summed E-state index contributed by atoms with van der Waals surface area (Å²) in [4.78, 5) is 34.3. The molecule has 0 aromatic carbocycles. The van der Waals surface area contributed by atoms with Crippen LogP contribution >= 0.6 is 23.1 Å². The minimum absolute atomic E-state index is 0.0982. The lowest BCUT2D eigenvalue weighted by atomic mass is 9.89. The van der Waals surface area contributed by atoms with E-state index >= 15 is 0 Å². The number of nitrogens with zero attached hydrogens (tertiary/aromatic N) is 1. The normalized spacial score (nSPS) is 17.6. The summed E-state index contributed by atoms with van der Waals surface area (Å²) < 4.78 is 5.29. The van der Waals surface area contributed by atoms with Crippen molar-refractivity contribution in [2.75, 3.05) is 5.75 Å². The Hall–Kier alpha value is -2.06. The molecule has 0 aliphatic heterocycles. The average Bonchev–Trinajstić information content (AvgIpc) is 3.27. The number of rotatable bonds is 5. The molecule has 2 N–H and O–H groups in total. The minimum Gasteiger partial charge on any atom is -0.467 e. The summed E-state index contributed by atoms with van der Waals surface area (Å²) in [5, 5.41) is 4.10. The molecule has 6 nitrogen and oxygen atoms in total. The Labute approximate surface area is 164 Å². The first-order chi connectivity index (χ1) is 13.0. The molecule has 0 unspecified atom stereocenters. The third-order valence-electron chi connectivity index (χ3n) is 4.83. The van der Waals surface area contributed by atoms with Gasteiger partial charge in [-0.15, -0.1) is 11.3 Å². The number of H-pyrrole nitrogens is 1. The molecule has 1 aliphatic rings. The van der Waals surface area contributed by atoms with Crippen molar-refractivity contribution in [3.8, 4) is 0 Å².